The first-order chi connectivity index (χ1) is 10.2. The number of benzene rings is 1. The lowest BCUT2D eigenvalue weighted by molar-refractivity contribution is 0.0523. The fourth-order valence-corrected chi connectivity index (χ4v) is 2.17. The Kier molecular flexibility index (Phi) is 7.17. The van der Waals surface area contributed by atoms with E-state index in [2.05, 4.69) is 5.32 Å². The van der Waals surface area contributed by atoms with Crippen LogP contribution >= 0.6 is 11.6 Å². The van der Waals surface area contributed by atoms with Gasteiger partial charge in [0.2, 0.25) is 0 Å². The van der Waals surface area contributed by atoms with Crippen molar-refractivity contribution in [1.82, 2.24) is 5.32 Å². The summed E-state index contributed by atoms with van der Waals surface area (Å²) in [4.78, 5) is 11.5. The zero-order chi connectivity index (χ0) is 16.8. The Morgan fingerprint density at radius 3 is 2.68 bits per heavy atom. The smallest absolute Gasteiger partial charge is 0.407 e. The molecule has 0 radical (unpaired) electrons. The molecule has 0 aliphatic carbocycles. The molecule has 1 unspecified atom stereocenters. The minimum absolute atomic E-state index is 0.421. The number of carbonyl (C=O) groups is 1. The summed E-state index contributed by atoms with van der Waals surface area (Å²) in [5.74, 6) is 0. The van der Waals surface area contributed by atoms with Gasteiger partial charge in [0.1, 0.15) is 5.60 Å². The van der Waals surface area contributed by atoms with Gasteiger partial charge in [-0.2, -0.15) is 0 Å². The molecular weight excluding hydrogens is 302 g/mol. The molecule has 1 aromatic rings. The monoisotopic (exact) mass is 327 g/mol. The lowest BCUT2D eigenvalue weighted by atomic mass is 10.0. The van der Waals surface area contributed by atoms with Crippen LogP contribution in [0.25, 0.3) is 0 Å². The second-order valence-electron chi connectivity index (χ2n) is 6.51. The number of aliphatic hydroxyl groups excluding tert-OH is 1. The molecule has 0 aromatic heterocycles. The van der Waals surface area contributed by atoms with Crippen molar-refractivity contribution in [2.75, 3.05) is 6.54 Å². The number of aliphatic hydroxyl groups is 1. The van der Waals surface area contributed by atoms with Gasteiger partial charge < -0.3 is 15.2 Å². The van der Waals surface area contributed by atoms with Crippen LogP contribution in [-0.2, 0) is 11.2 Å². The zero-order valence-electron chi connectivity index (χ0n) is 13.8. The highest BCUT2D eigenvalue weighted by Crippen LogP contribution is 2.18. The fraction of sp³-hybridized carbons (Fsp3) is 0.588. The van der Waals surface area contributed by atoms with Crippen molar-refractivity contribution in [3.8, 4) is 0 Å². The molecule has 0 fully saturated rings. The summed E-state index contributed by atoms with van der Waals surface area (Å²) in [7, 11) is 0. The second-order valence-corrected chi connectivity index (χ2v) is 6.92. The molecule has 1 aromatic carbocycles. The van der Waals surface area contributed by atoms with Crippen LogP contribution in [0.4, 0.5) is 4.79 Å². The van der Waals surface area contributed by atoms with Gasteiger partial charge in [0.25, 0.3) is 0 Å². The minimum Gasteiger partial charge on any atom is -0.444 e. The summed E-state index contributed by atoms with van der Waals surface area (Å²) in [5, 5.41) is 13.5. The predicted octanol–water partition coefficient (Wildman–Crippen LogP) is 3.86. The van der Waals surface area contributed by atoms with Crippen molar-refractivity contribution in [2.45, 2.75) is 58.7 Å². The number of ether oxygens (including phenoxy) is 1. The zero-order valence-corrected chi connectivity index (χ0v) is 14.5. The molecule has 0 saturated carbocycles. The SMILES string of the molecule is Cc1cc(CC(O)CCCNC(=O)OC(C)(C)C)ccc1Cl. The summed E-state index contributed by atoms with van der Waals surface area (Å²) < 4.78 is 5.14. The van der Waals surface area contributed by atoms with E-state index in [1.807, 2.05) is 45.9 Å². The van der Waals surface area contributed by atoms with Crippen LogP contribution < -0.4 is 5.32 Å². The van der Waals surface area contributed by atoms with Gasteiger partial charge in [-0.3, -0.25) is 0 Å². The highest BCUT2D eigenvalue weighted by atomic mass is 35.5. The van der Waals surface area contributed by atoms with E-state index in [1.165, 1.54) is 0 Å². The molecule has 0 aliphatic heterocycles. The van der Waals surface area contributed by atoms with E-state index in [0.29, 0.717) is 25.8 Å². The lowest BCUT2D eigenvalue weighted by Gasteiger charge is -2.19. The van der Waals surface area contributed by atoms with Gasteiger partial charge in [0.15, 0.2) is 0 Å². The molecule has 0 bridgehead atoms. The van der Waals surface area contributed by atoms with Crippen molar-refractivity contribution in [3.05, 3.63) is 34.3 Å². The molecule has 0 spiro atoms. The van der Waals surface area contributed by atoms with Crippen molar-refractivity contribution in [1.29, 1.82) is 0 Å². The van der Waals surface area contributed by atoms with E-state index in [4.69, 9.17) is 16.3 Å². The van der Waals surface area contributed by atoms with Crippen LogP contribution in [0.2, 0.25) is 5.02 Å². The Hall–Kier alpha value is -1.26. The third-order valence-electron chi connectivity index (χ3n) is 3.08. The number of alkyl carbamates (subject to hydrolysis) is 1. The first-order valence-corrected chi connectivity index (χ1v) is 7.95. The number of nitrogens with one attached hydrogen (secondary N) is 1. The van der Waals surface area contributed by atoms with Crippen LogP contribution in [0.15, 0.2) is 18.2 Å². The molecule has 2 N–H and O–H groups in total. The molecule has 0 heterocycles. The normalized spacial score (nSPS) is 12.8. The molecule has 0 saturated heterocycles. The number of halogens is 1. The van der Waals surface area contributed by atoms with Gasteiger partial charge >= 0.3 is 6.09 Å². The van der Waals surface area contributed by atoms with Crippen LogP contribution in [-0.4, -0.2) is 29.4 Å². The van der Waals surface area contributed by atoms with Crippen molar-refractivity contribution >= 4 is 17.7 Å². The van der Waals surface area contributed by atoms with Gasteiger partial charge in [-0.05, 0) is 64.2 Å². The number of hydrogen-bond donors (Lipinski definition) is 2. The third-order valence-corrected chi connectivity index (χ3v) is 3.50. The third kappa shape index (κ3) is 7.66. The number of carbonyl (C=O) groups excluding carboxylic acids is 1. The molecule has 0 aliphatic rings. The topological polar surface area (TPSA) is 58.6 Å². The van der Waals surface area contributed by atoms with E-state index in [-0.39, 0.29) is 0 Å². The highest BCUT2D eigenvalue weighted by Gasteiger charge is 2.15. The molecule has 1 amide bonds. The van der Waals surface area contributed by atoms with E-state index < -0.39 is 17.8 Å². The first kappa shape index (κ1) is 18.8. The van der Waals surface area contributed by atoms with Gasteiger partial charge in [-0.15, -0.1) is 0 Å². The first-order valence-electron chi connectivity index (χ1n) is 7.57. The van der Waals surface area contributed by atoms with Gasteiger partial charge in [0, 0.05) is 11.6 Å². The average Bonchev–Trinajstić information content (AvgIpc) is 2.37. The molecule has 5 heteroatoms. The van der Waals surface area contributed by atoms with Gasteiger partial charge in [-0.1, -0.05) is 23.7 Å². The van der Waals surface area contributed by atoms with E-state index in [9.17, 15) is 9.90 Å². The summed E-state index contributed by atoms with van der Waals surface area (Å²) in [6.45, 7) is 7.91. The standard InChI is InChI=1S/C17H26ClNO3/c1-12-10-13(7-8-15(12)18)11-14(20)6-5-9-19-16(21)22-17(2,3)4/h7-8,10,14,20H,5-6,9,11H2,1-4H3,(H,19,21). The molecule has 1 atom stereocenters. The number of amides is 1. The number of hydrogen-bond acceptors (Lipinski definition) is 3. The predicted molar refractivity (Wildman–Crippen MR) is 89.4 cm³/mol. The van der Waals surface area contributed by atoms with Gasteiger partial charge in [0.05, 0.1) is 6.10 Å². The highest BCUT2D eigenvalue weighted by molar-refractivity contribution is 6.31. The Labute approximate surface area is 137 Å². The Morgan fingerprint density at radius 1 is 1.41 bits per heavy atom. The van der Waals surface area contributed by atoms with Crippen LogP contribution in [0.1, 0.15) is 44.7 Å². The summed E-state index contributed by atoms with van der Waals surface area (Å²) in [6, 6.07) is 5.77. The van der Waals surface area contributed by atoms with Crippen molar-refractivity contribution in [2.24, 2.45) is 0 Å². The van der Waals surface area contributed by atoms with Crippen LogP contribution in [0, 0.1) is 6.92 Å². The maximum atomic E-state index is 11.5. The maximum absolute atomic E-state index is 11.5. The minimum atomic E-state index is -0.490. The second kappa shape index (κ2) is 8.39. The number of aryl methyl sites for hydroxylation is 1. The van der Waals surface area contributed by atoms with Crippen LogP contribution in [0.3, 0.4) is 0 Å². The molecule has 4 nitrogen and oxygen atoms in total. The van der Waals surface area contributed by atoms with Gasteiger partial charge in [-0.25, -0.2) is 4.79 Å². The largest absolute Gasteiger partial charge is 0.444 e. The quantitative estimate of drug-likeness (QED) is 0.780. The van der Waals surface area contributed by atoms with Crippen LogP contribution in [0.5, 0.6) is 0 Å². The summed E-state index contributed by atoms with van der Waals surface area (Å²) >= 11 is 5.98. The Bertz CT molecular complexity index is 497. The van der Waals surface area contributed by atoms with E-state index >= 15 is 0 Å². The van der Waals surface area contributed by atoms with Crippen molar-refractivity contribution in [3.63, 3.8) is 0 Å². The van der Waals surface area contributed by atoms with E-state index in [0.717, 1.165) is 16.1 Å². The average molecular weight is 328 g/mol. The fourth-order valence-electron chi connectivity index (χ4n) is 2.05. The molecule has 1 rings (SSSR count). The van der Waals surface area contributed by atoms with E-state index in [1.54, 1.807) is 0 Å². The summed E-state index contributed by atoms with van der Waals surface area (Å²) in [6.07, 6.45) is 1.06. The lowest BCUT2D eigenvalue weighted by Crippen LogP contribution is -2.33. The summed E-state index contributed by atoms with van der Waals surface area (Å²) in [5.41, 5.74) is 1.59. The molecule has 22 heavy (non-hydrogen) atoms. The molecule has 124 valence electrons. The maximum Gasteiger partial charge on any atom is 0.407 e. The Morgan fingerprint density at radius 2 is 2.09 bits per heavy atom. The van der Waals surface area contributed by atoms with Crippen molar-refractivity contribution < 1.29 is 14.6 Å². The Balaban J connectivity index is 2.24. The number of rotatable bonds is 6. The molecular formula is C17H26ClNO3.